The van der Waals surface area contributed by atoms with E-state index in [2.05, 4.69) is 26.2 Å². The quantitative estimate of drug-likeness (QED) is 0.896. The second-order valence-electron chi connectivity index (χ2n) is 3.31. The Bertz CT molecular complexity index is 550. The first-order valence-electron chi connectivity index (χ1n) is 4.68. The number of imidazole rings is 1. The van der Waals surface area contributed by atoms with E-state index in [1.54, 1.807) is 29.8 Å². The zero-order valence-electron chi connectivity index (χ0n) is 8.57. The van der Waals surface area contributed by atoms with Crippen molar-refractivity contribution in [2.45, 2.75) is 6.54 Å². The van der Waals surface area contributed by atoms with E-state index in [0.717, 1.165) is 4.47 Å². The molecule has 0 spiro atoms. The van der Waals surface area contributed by atoms with Gasteiger partial charge in [0.2, 0.25) is 0 Å². The minimum absolute atomic E-state index is 0.0813. The molecule has 0 atom stereocenters. The summed E-state index contributed by atoms with van der Waals surface area (Å²) in [6.45, 7) is 0.519. The summed E-state index contributed by atoms with van der Waals surface area (Å²) in [5, 5.41) is 12.0. The van der Waals surface area contributed by atoms with E-state index in [1.165, 1.54) is 0 Å². The molecule has 84 valence electrons. The summed E-state index contributed by atoms with van der Waals surface area (Å²) in [5.41, 5.74) is 0.679. The van der Waals surface area contributed by atoms with Crippen molar-refractivity contribution in [3.8, 4) is 0 Å². The summed E-state index contributed by atoms with van der Waals surface area (Å²) in [5.74, 6) is -0.335. The third-order valence-corrected chi connectivity index (χ3v) is 2.68. The predicted molar refractivity (Wildman–Crippen MR) is 62.6 cm³/mol. The van der Waals surface area contributed by atoms with Gasteiger partial charge in [0.1, 0.15) is 5.82 Å². The van der Waals surface area contributed by atoms with Gasteiger partial charge in [-0.3, -0.25) is 0 Å². The second-order valence-corrected chi connectivity index (χ2v) is 4.23. The number of pyridine rings is 1. The van der Waals surface area contributed by atoms with Crippen molar-refractivity contribution < 1.29 is 9.90 Å². The van der Waals surface area contributed by atoms with E-state index < -0.39 is 5.97 Å². The van der Waals surface area contributed by atoms with E-state index >= 15 is 0 Å². The number of carboxylic acid groups (broad SMARTS) is 1. The van der Waals surface area contributed by atoms with Crippen LogP contribution >= 0.6 is 15.9 Å². The average molecular weight is 284 g/mol. The van der Waals surface area contributed by atoms with Crippen LogP contribution < -0.4 is 5.32 Å². The van der Waals surface area contributed by atoms with Crippen molar-refractivity contribution in [2.75, 3.05) is 7.05 Å². The van der Waals surface area contributed by atoms with Crippen LogP contribution in [-0.4, -0.2) is 27.5 Å². The number of carboxylic acids is 1. The number of nitrogens with zero attached hydrogens (tertiary/aromatic N) is 2. The van der Waals surface area contributed by atoms with Crippen LogP contribution in [-0.2, 0) is 6.54 Å². The van der Waals surface area contributed by atoms with E-state index in [1.807, 2.05) is 0 Å². The normalized spacial score (nSPS) is 10.9. The van der Waals surface area contributed by atoms with Crippen LogP contribution in [0, 0.1) is 0 Å². The molecule has 0 aromatic carbocycles. The third-order valence-electron chi connectivity index (χ3n) is 2.21. The highest BCUT2D eigenvalue weighted by Gasteiger charge is 2.15. The highest BCUT2D eigenvalue weighted by atomic mass is 79.9. The van der Waals surface area contributed by atoms with Crippen molar-refractivity contribution in [3.05, 3.63) is 34.3 Å². The maximum Gasteiger partial charge on any atom is 0.356 e. The molecule has 0 amide bonds. The van der Waals surface area contributed by atoms with Crippen LogP contribution in [0.4, 0.5) is 0 Å². The molecule has 5 nitrogen and oxygen atoms in total. The molecule has 6 heteroatoms. The Morgan fingerprint density at radius 1 is 1.62 bits per heavy atom. The van der Waals surface area contributed by atoms with E-state index in [4.69, 9.17) is 5.11 Å². The summed E-state index contributed by atoms with van der Waals surface area (Å²) >= 11 is 3.35. The van der Waals surface area contributed by atoms with E-state index in [-0.39, 0.29) is 5.69 Å². The lowest BCUT2D eigenvalue weighted by Gasteiger charge is -2.00. The number of fused-ring (bicyclic) bond motifs is 1. The Labute approximate surface area is 100 Å². The number of carbonyl (C=O) groups is 1. The average Bonchev–Trinajstić information content (AvgIpc) is 2.58. The zero-order valence-corrected chi connectivity index (χ0v) is 10.2. The number of aromatic nitrogens is 2. The van der Waals surface area contributed by atoms with Gasteiger partial charge < -0.3 is 14.8 Å². The maximum atomic E-state index is 11.0. The van der Waals surface area contributed by atoms with Crippen molar-refractivity contribution in [1.82, 2.24) is 14.7 Å². The Hall–Kier alpha value is -1.40. The van der Waals surface area contributed by atoms with Crippen LogP contribution in [0.2, 0.25) is 0 Å². The molecular formula is C10H10BrN3O2. The van der Waals surface area contributed by atoms with Crippen LogP contribution in [0.1, 0.15) is 16.3 Å². The lowest BCUT2D eigenvalue weighted by atomic mass is 10.3. The first-order valence-corrected chi connectivity index (χ1v) is 5.47. The van der Waals surface area contributed by atoms with Crippen molar-refractivity contribution >= 4 is 27.4 Å². The minimum atomic E-state index is -1.01. The number of hydrogen-bond donors (Lipinski definition) is 2. The molecule has 0 aliphatic heterocycles. The van der Waals surface area contributed by atoms with Gasteiger partial charge in [0.15, 0.2) is 5.69 Å². The minimum Gasteiger partial charge on any atom is -0.476 e. The summed E-state index contributed by atoms with van der Waals surface area (Å²) in [6.07, 6.45) is 1.81. The molecule has 2 aromatic heterocycles. The SMILES string of the molecule is CNCc1nc(C(=O)O)c2ccc(Br)cn12. The van der Waals surface area contributed by atoms with Gasteiger partial charge in [-0.15, -0.1) is 0 Å². The predicted octanol–water partition coefficient (Wildman–Crippen LogP) is 1.51. The standard InChI is InChI=1S/C10H10BrN3O2/c1-12-4-8-13-9(10(15)16)7-3-2-6(11)5-14(7)8/h2-3,5,12H,4H2,1H3,(H,15,16). The summed E-state index contributed by atoms with van der Waals surface area (Å²) in [7, 11) is 1.79. The summed E-state index contributed by atoms with van der Waals surface area (Å²) < 4.78 is 2.65. The van der Waals surface area contributed by atoms with Crippen LogP contribution in [0.15, 0.2) is 22.8 Å². The van der Waals surface area contributed by atoms with Crippen LogP contribution in [0.3, 0.4) is 0 Å². The molecule has 2 heterocycles. The monoisotopic (exact) mass is 283 g/mol. The Balaban J connectivity index is 2.71. The molecular weight excluding hydrogens is 274 g/mol. The molecule has 0 saturated heterocycles. The Morgan fingerprint density at radius 3 is 3.00 bits per heavy atom. The summed E-state index contributed by atoms with van der Waals surface area (Å²) in [4.78, 5) is 15.1. The molecule has 0 radical (unpaired) electrons. The fourth-order valence-corrected chi connectivity index (χ4v) is 1.90. The highest BCUT2D eigenvalue weighted by molar-refractivity contribution is 9.10. The lowest BCUT2D eigenvalue weighted by Crippen LogP contribution is -2.08. The maximum absolute atomic E-state index is 11.0. The zero-order chi connectivity index (χ0) is 11.7. The Kier molecular flexibility index (Phi) is 2.93. The molecule has 0 saturated carbocycles. The van der Waals surface area contributed by atoms with Crippen molar-refractivity contribution in [2.24, 2.45) is 0 Å². The van der Waals surface area contributed by atoms with Gasteiger partial charge in [0.25, 0.3) is 0 Å². The second kappa shape index (κ2) is 4.23. The Morgan fingerprint density at radius 2 is 2.38 bits per heavy atom. The summed E-state index contributed by atoms with van der Waals surface area (Å²) in [6, 6.07) is 3.53. The number of rotatable bonds is 3. The largest absolute Gasteiger partial charge is 0.476 e. The first-order chi connectivity index (χ1) is 7.63. The fourth-order valence-electron chi connectivity index (χ4n) is 1.56. The molecule has 0 unspecified atom stereocenters. The molecule has 2 rings (SSSR count). The first kappa shape index (κ1) is 11.1. The number of aromatic carboxylic acids is 1. The van der Waals surface area contributed by atoms with Gasteiger partial charge in [0, 0.05) is 10.7 Å². The third kappa shape index (κ3) is 1.81. The smallest absolute Gasteiger partial charge is 0.356 e. The number of nitrogens with one attached hydrogen (secondary N) is 1. The van der Waals surface area contributed by atoms with Gasteiger partial charge in [-0.25, -0.2) is 9.78 Å². The van der Waals surface area contributed by atoms with Crippen molar-refractivity contribution in [3.63, 3.8) is 0 Å². The fraction of sp³-hybridized carbons (Fsp3) is 0.200. The van der Waals surface area contributed by atoms with Crippen LogP contribution in [0.25, 0.3) is 5.52 Å². The van der Waals surface area contributed by atoms with E-state index in [0.29, 0.717) is 17.9 Å². The molecule has 0 aliphatic carbocycles. The number of hydrogen-bond acceptors (Lipinski definition) is 3. The van der Waals surface area contributed by atoms with Gasteiger partial charge in [-0.1, -0.05) is 0 Å². The van der Waals surface area contributed by atoms with Gasteiger partial charge in [0.05, 0.1) is 12.1 Å². The lowest BCUT2D eigenvalue weighted by molar-refractivity contribution is 0.0693. The molecule has 16 heavy (non-hydrogen) atoms. The van der Waals surface area contributed by atoms with Gasteiger partial charge in [-0.05, 0) is 35.1 Å². The van der Waals surface area contributed by atoms with Crippen molar-refractivity contribution in [1.29, 1.82) is 0 Å². The molecule has 2 N–H and O–H groups in total. The van der Waals surface area contributed by atoms with Crippen LogP contribution in [0.5, 0.6) is 0 Å². The molecule has 0 fully saturated rings. The van der Waals surface area contributed by atoms with Gasteiger partial charge in [-0.2, -0.15) is 0 Å². The molecule has 0 bridgehead atoms. The van der Waals surface area contributed by atoms with Gasteiger partial charge >= 0.3 is 5.97 Å². The number of halogens is 1. The highest BCUT2D eigenvalue weighted by Crippen LogP contribution is 2.17. The van der Waals surface area contributed by atoms with E-state index in [9.17, 15) is 4.79 Å². The topological polar surface area (TPSA) is 66.6 Å². The molecule has 0 aliphatic rings. The molecule has 2 aromatic rings.